The standard InChI is InChI=1S/C17H23N3O3S/c1-12-14(24-16(18-12)19-13(2)21)15(22)20-8-6-17(7-9-20)5-3-4-10-23-11-17/h3-4H,5-11H2,1-2H3,(H,18,19,21). The van der Waals surface area contributed by atoms with Crippen LogP contribution < -0.4 is 5.32 Å². The smallest absolute Gasteiger partial charge is 0.265 e. The number of rotatable bonds is 2. The Labute approximate surface area is 145 Å². The van der Waals surface area contributed by atoms with Gasteiger partial charge in [-0.2, -0.15) is 0 Å². The number of hydrogen-bond donors (Lipinski definition) is 1. The number of nitrogens with one attached hydrogen (secondary N) is 1. The molecule has 1 fully saturated rings. The number of carbonyl (C=O) groups excluding carboxylic acids is 2. The van der Waals surface area contributed by atoms with Gasteiger partial charge in [-0.05, 0) is 26.2 Å². The van der Waals surface area contributed by atoms with E-state index in [0.717, 1.165) is 39.0 Å². The van der Waals surface area contributed by atoms with Crippen molar-refractivity contribution in [3.8, 4) is 0 Å². The lowest BCUT2D eigenvalue weighted by molar-refractivity contribution is -0.114. The average Bonchev–Trinajstić information content (AvgIpc) is 2.76. The predicted molar refractivity (Wildman–Crippen MR) is 93.3 cm³/mol. The molecule has 1 aromatic rings. The highest BCUT2D eigenvalue weighted by atomic mass is 32.1. The summed E-state index contributed by atoms with van der Waals surface area (Å²) in [5.74, 6) is -0.161. The van der Waals surface area contributed by atoms with Crippen molar-refractivity contribution in [1.29, 1.82) is 0 Å². The minimum Gasteiger partial charge on any atom is -0.377 e. The van der Waals surface area contributed by atoms with Gasteiger partial charge in [-0.1, -0.05) is 23.5 Å². The van der Waals surface area contributed by atoms with Crippen LogP contribution in [0.25, 0.3) is 0 Å². The molecule has 3 heterocycles. The SMILES string of the molecule is CC(=O)Nc1nc(C)c(C(=O)N2CCC3(CC=CCOC3)CC2)s1. The summed E-state index contributed by atoms with van der Waals surface area (Å²) < 4.78 is 5.69. The Balaban J connectivity index is 1.66. The molecule has 24 heavy (non-hydrogen) atoms. The van der Waals surface area contributed by atoms with Gasteiger partial charge >= 0.3 is 0 Å². The fraction of sp³-hybridized carbons (Fsp3) is 0.588. The quantitative estimate of drug-likeness (QED) is 0.833. The van der Waals surface area contributed by atoms with Crippen molar-refractivity contribution in [2.45, 2.75) is 33.1 Å². The number of nitrogens with zero attached hydrogens (tertiary/aromatic N) is 2. The first-order chi connectivity index (χ1) is 11.5. The molecule has 1 saturated heterocycles. The van der Waals surface area contributed by atoms with Gasteiger partial charge in [0, 0.05) is 25.4 Å². The molecule has 0 atom stereocenters. The molecule has 1 N–H and O–H groups in total. The molecular formula is C17H23N3O3S. The molecule has 3 rings (SSSR count). The molecule has 1 aromatic heterocycles. The number of aromatic nitrogens is 1. The van der Waals surface area contributed by atoms with Gasteiger partial charge in [-0.25, -0.2) is 4.98 Å². The first-order valence-corrected chi connectivity index (χ1v) is 9.08. The molecule has 0 aliphatic carbocycles. The molecule has 0 radical (unpaired) electrons. The van der Waals surface area contributed by atoms with Crippen molar-refractivity contribution in [2.75, 3.05) is 31.6 Å². The number of hydrogen-bond acceptors (Lipinski definition) is 5. The van der Waals surface area contributed by atoms with Crippen LogP contribution >= 0.6 is 11.3 Å². The van der Waals surface area contributed by atoms with E-state index < -0.39 is 0 Å². The Morgan fingerprint density at radius 2 is 2.08 bits per heavy atom. The zero-order chi connectivity index (χ0) is 17.2. The minimum atomic E-state index is -0.177. The number of thiazole rings is 1. The predicted octanol–water partition coefficient (Wildman–Crippen LogP) is 2.61. The monoisotopic (exact) mass is 349 g/mol. The van der Waals surface area contributed by atoms with Crippen molar-refractivity contribution in [1.82, 2.24) is 9.88 Å². The Bertz CT molecular complexity index is 660. The van der Waals surface area contributed by atoms with Crippen molar-refractivity contribution in [2.24, 2.45) is 5.41 Å². The second-order valence-corrected chi connectivity index (χ2v) is 7.60. The zero-order valence-corrected chi connectivity index (χ0v) is 14.9. The fourth-order valence-electron chi connectivity index (χ4n) is 3.28. The molecule has 0 aromatic carbocycles. The molecule has 130 valence electrons. The molecule has 2 amide bonds. The zero-order valence-electron chi connectivity index (χ0n) is 14.1. The average molecular weight is 349 g/mol. The van der Waals surface area contributed by atoms with Gasteiger partial charge in [0.2, 0.25) is 5.91 Å². The van der Waals surface area contributed by atoms with Crippen LogP contribution in [0.5, 0.6) is 0 Å². The summed E-state index contributed by atoms with van der Waals surface area (Å²) in [5.41, 5.74) is 0.850. The lowest BCUT2D eigenvalue weighted by Crippen LogP contribution is -2.44. The maximum absolute atomic E-state index is 12.8. The van der Waals surface area contributed by atoms with Crippen LogP contribution in [-0.4, -0.2) is 48.0 Å². The Morgan fingerprint density at radius 1 is 1.33 bits per heavy atom. The van der Waals surface area contributed by atoms with Gasteiger partial charge in [0.25, 0.3) is 5.91 Å². The molecule has 0 unspecified atom stereocenters. The third-order valence-corrected chi connectivity index (χ3v) is 5.79. The van der Waals surface area contributed by atoms with Crippen LogP contribution in [0.3, 0.4) is 0 Å². The Morgan fingerprint density at radius 3 is 2.79 bits per heavy atom. The van der Waals surface area contributed by atoms with Gasteiger partial charge in [0.15, 0.2) is 5.13 Å². The van der Waals surface area contributed by atoms with E-state index in [4.69, 9.17) is 4.74 Å². The highest BCUT2D eigenvalue weighted by molar-refractivity contribution is 7.17. The molecule has 7 heteroatoms. The van der Waals surface area contributed by atoms with Crippen LogP contribution in [-0.2, 0) is 9.53 Å². The summed E-state index contributed by atoms with van der Waals surface area (Å²) in [5, 5.41) is 3.14. The van der Waals surface area contributed by atoms with Crippen molar-refractivity contribution in [3.63, 3.8) is 0 Å². The van der Waals surface area contributed by atoms with Crippen molar-refractivity contribution >= 4 is 28.3 Å². The molecule has 0 saturated carbocycles. The number of ether oxygens (including phenoxy) is 1. The topological polar surface area (TPSA) is 71.5 Å². The lowest BCUT2D eigenvalue weighted by atomic mass is 9.76. The summed E-state index contributed by atoms with van der Waals surface area (Å²) in [7, 11) is 0. The van der Waals surface area contributed by atoms with Crippen LogP contribution in [0.4, 0.5) is 5.13 Å². The van der Waals surface area contributed by atoms with Gasteiger partial charge < -0.3 is 15.0 Å². The van der Waals surface area contributed by atoms with E-state index in [-0.39, 0.29) is 17.2 Å². The van der Waals surface area contributed by atoms with Gasteiger partial charge in [-0.15, -0.1) is 0 Å². The van der Waals surface area contributed by atoms with E-state index in [1.165, 1.54) is 18.3 Å². The number of likely N-dealkylation sites (tertiary alicyclic amines) is 1. The summed E-state index contributed by atoms with van der Waals surface area (Å²) in [6.45, 7) is 6.19. The number of piperidine rings is 1. The van der Waals surface area contributed by atoms with E-state index in [1.807, 2.05) is 11.8 Å². The lowest BCUT2D eigenvalue weighted by Gasteiger charge is -2.40. The molecule has 1 spiro atoms. The first-order valence-electron chi connectivity index (χ1n) is 8.26. The van der Waals surface area contributed by atoms with Crippen LogP contribution in [0.1, 0.15) is 41.6 Å². The third-order valence-electron chi connectivity index (χ3n) is 4.72. The minimum absolute atomic E-state index is 0.0153. The Kier molecular flexibility index (Phi) is 5.01. The van der Waals surface area contributed by atoms with Crippen LogP contribution in [0.15, 0.2) is 12.2 Å². The highest BCUT2D eigenvalue weighted by Crippen LogP contribution is 2.37. The van der Waals surface area contributed by atoms with E-state index in [9.17, 15) is 9.59 Å². The first kappa shape index (κ1) is 17.1. The van der Waals surface area contributed by atoms with Crippen molar-refractivity contribution < 1.29 is 14.3 Å². The summed E-state index contributed by atoms with van der Waals surface area (Å²) >= 11 is 1.25. The second kappa shape index (κ2) is 7.03. The fourth-order valence-corrected chi connectivity index (χ4v) is 4.26. The molecular weight excluding hydrogens is 326 g/mol. The maximum Gasteiger partial charge on any atom is 0.265 e. The van der Waals surface area contributed by atoms with E-state index in [0.29, 0.717) is 22.3 Å². The summed E-state index contributed by atoms with van der Waals surface area (Å²) in [4.78, 5) is 30.7. The van der Waals surface area contributed by atoms with Crippen LogP contribution in [0, 0.1) is 12.3 Å². The van der Waals surface area contributed by atoms with Gasteiger partial charge in [0.1, 0.15) is 4.88 Å². The summed E-state index contributed by atoms with van der Waals surface area (Å²) in [6.07, 6.45) is 7.23. The van der Waals surface area contributed by atoms with Gasteiger partial charge in [0.05, 0.1) is 18.9 Å². The molecule has 0 bridgehead atoms. The number of allylic oxidation sites excluding steroid dienone is 1. The molecule has 2 aliphatic rings. The number of carbonyl (C=O) groups is 2. The van der Waals surface area contributed by atoms with E-state index >= 15 is 0 Å². The van der Waals surface area contributed by atoms with Gasteiger partial charge in [-0.3, -0.25) is 9.59 Å². The van der Waals surface area contributed by atoms with Crippen LogP contribution in [0.2, 0.25) is 0 Å². The third kappa shape index (κ3) is 3.67. The maximum atomic E-state index is 12.8. The van der Waals surface area contributed by atoms with Crippen molar-refractivity contribution in [3.05, 3.63) is 22.7 Å². The summed E-state index contributed by atoms with van der Waals surface area (Å²) in [6, 6.07) is 0. The molecule has 2 aliphatic heterocycles. The second-order valence-electron chi connectivity index (χ2n) is 6.60. The highest BCUT2D eigenvalue weighted by Gasteiger charge is 2.36. The Hall–Kier alpha value is -1.73. The number of aryl methyl sites for hydroxylation is 1. The normalized spacial score (nSPS) is 20.0. The number of anilines is 1. The largest absolute Gasteiger partial charge is 0.377 e. The molecule has 6 nitrogen and oxygen atoms in total. The van der Waals surface area contributed by atoms with E-state index in [2.05, 4.69) is 22.5 Å². The van der Waals surface area contributed by atoms with E-state index in [1.54, 1.807) is 0 Å². The number of amides is 2.